The van der Waals surface area contributed by atoms with E-state index < -0.39 is 40.8 Å². The Morgan fingerprint density at radius 2 is 1.38 bits per heavy atom. The number of fused-ring (bicyclic) bond motifs is 1. The van der Waals surface area contributed by atoms with Gasteiger partial charge in [0.1, 0.15) is 28.3 Å². The zero-order chi connectivity index (χ0) is 42.2. The van der Waals surface area contributed by atoms with Gasteiger partial charge in [0.05, 0.1) is 0 Å². The molecule has 1 fully saturated rings. The molecule has 10 nitrogen and oxygen atoms in total. The van der Waals surface area contributed by atoms with Gasteiger partial charge in [0, 0.05) is 15.6 Å². The van der Waals surface area contributed by atoms with Crippen molar-refractivity contribution in [3.8, 4) is 12.3 Å². The van der Waals surface area contributed by atoms with Crippen molar-refractivity contribution in [3.05, 3.63) is 202 Å². The second-order valence-corrected chi connectivity index (χ2v) is 16.7. The van der Waals surface area contributed by atoms with Crippen molar-refractivity contribution < 1.29 is 24.0 Å². The van der Waals surface area contributed by atoms with E-state index in [4.69, 9.17) is 21.0 Å². The number of oxime groups is 1. The van der Waals surface area contributed by atoms with Gasteiger partial charge in [-0.2, -0.15) is 0 Å². The molecule has 304 valence electrons. The Bertz CT molecular complexity index is 2470. The van der Waals surface area contributed by atoms with Crippen LogP contribution in [0.1, 0.15) is 39.6 Å². The highest BCUT2D eigenvalue weighted by Gasteiger charge is 2.55. The summed E-state index contributed by atoms with van der Waals surface area (Å²) >= 11 is 4.95. The number of carbonyl (C=O) groups excluding carboxylic acids is 3. The number of benzene rings is 5. The summed E-state index contributed by atoms with van der Waals surface area (Å²) in [5.41, 5.74) is 4.68. The van der Waals surface area contributed by atoms with Crippen molar-refractivity contribution in [2.45, 2.75) is 23.1 Å². The molecule has 2 amide bonds. The second-order valence-electron chi connectivity index (χ2n) is 14.0. The zero-order valence-corrected chi connectivity index (χ0v) is 36.3. The van der Waals surface area contributed by atoms with E-state index in [9.17, 15) is 14.4 Å². The molecule has 8 rings (SSSR count). The van der Waals surface area contributed by atoms with Crippen LogP contribution in [0.5, 0.6) is 0 Å². The summed E-state index contributed by atoms with van der Waals surface area (Å²) in [4.78, 5) is 54.1. The highest BCUT2D eigenvalue weighted by atomic mass is 127. The fraction of sp³-hybridized carbons (Fsp3) is 0.146. The fourth-order valence-electron chi connectivity index (χ4n) is 7.45. The molecule has 1 unspecified atom stereocenters. The van der Waals surface area contributed by atoms with Crippen molar-refractivity contribution in [1.29, 1.82) is 0 Å². The summed E-state index contributed by atoms with van der Waals surface area (Å²) in [5.74, 6) is 1.09. The van der Waals surface area contributed by atoms with Gasteiger partial charge in [-0.25, -0.2) is 9.78 Å². The van der Waals surface area contributed by atoms with Crippen LogP contribution < -0.4 is 10.6 Å². The van der Waals surface area contributed by atoms with Gasteiger partial charge >= 0.3 is 5.97 Å². The lowest BCUT2D eigenvalue weighted by Gasteiger charge is -2.49. The average Bonchev–Trinajstić information content (AvgIpc) is 3.79. The minimum Gasteiger partial charge on any atom is -0.448 e. The number of esters is 1. The number of nitrogens with zero attached hydrogens (tertiary/aromatic N) is 3. The molecule has 5 aromatic carbocycles. The number of aromatic nitrogens is 1. The quantitative estimate of drug-likeness (QED) is 0.0121. The van der Waals surface area contributed by atoms with E-state index >= 15 is 0 Å². The van der Waals surface area contributed by atoms with Crippen LogP contribution in [0.2, 0.25) is 0 Å². The summed E-state index contributed by atoms with van der Waals surface area (Å²) in [6.07, 6.45) is 4.77. The first-order chi connectivity index (χ1) is 29.9. The standard InChI is InChI=1S/C48H38IN5O5S2/c1-2-28-58-53-39(38-31-61-47(50-38)52-48(35-22-12-5-13-23-35,36-24-14-6-15-25-36)37-26-16-7-17-27-37)43(55)51-40-44(56)54-41(34(29-49)30-60-45(40)54)46(57)59-42(32-18-8-3-9-19-32)33-20-10-4-11-21-33/h1,3-27,31,40,42,45H,28-30H2,(H,50,52)(H,51,55)/t40?,45-/m1/s1. The summed E-state index contributed by atoms with van der Waals surface area (Å²) in [7, 11) is 0. The van der Waals surface area contributed by atoms with E-state index in [1.807, 2.05) is 115 Å². The Morgan fingerprint density at radius 3 is 1.89 bits per heavy atom. The summed E-state index contributed by atoms with van der Waals surface area (Å²) in [6.45, 7) is -0.192. The number of anilines is 1. The van der Waals surface area contributed by atoms with Gasteiger partial charge in [0.25, 0.3) is 11.8 Å². The van der Waals surface area contributed by atoms with Crippen molar-refractivity contribution in [2.75, 3.05) is 22.1 Å². The SMILES string of the molecule is C#CCON=C(C(=O)NC1C(=O)N2C(C(=O)OC(c3ccccc3)c3ccccc3)=C(CI)CS[C@H]12)c1csc(NC(c2ccccc2)(c2ccccc2)c2ccccc2)n1. The number of hydrogen-bond donors (Lipinski definition) is 2. The lowest BCUT2D eigenvalue weighted by Crippen LogP contribution is -2.71. The number of amides is 2. The molecule has 0 radical (unpaired) electrons. The molecule has 1 aromatic heterocycles. The third kappa shape index (κ3) is 8.56. The number of alkyl halides is 1. The Hall–Kier alpha value is -6.21. The van der Waals surface area contributed by atoms with Crippen LogP contribution in [0.4, 0.5) is 5.13 Å². The molecule has 2 atom stereocenters. The first-order valence-corrected chi connectivity index (χ1v) is 22.8. The average molecular weight is 956 g/mol. The van der Waals surface area contributed by atoms with Crippen LogP contribution >= 0.6 is 45.7 Å². The lowest BCUT2D eigenvalue weighted by atomic mass is 9.77. The lowest BCUT2D eigenvalue weighted by molar-refractivity contribution is -0.154. The predicted molar refractivity (Wildman–Crippen MR) is 248 cm³/mol. The van der Waals surface area contributed by atoms with Crippen LogP contribution in [0.25, 0.3) is 0 Å². The largest absolute Gasteiger partial charge is 0.448 e. The topological polar surface area (TPSA) is 122 Å². The van der Waals surface area contributed by atoms with Crippen LogP contribution in [-0.4, -0.2) is 61.6 Å². The molecule has 13 heteroatoms. The second kappa shape index (κ2) is 19.0. The van der Waals surface area contributed by atoms with Crippen LogP contribution in [0.15, 0.2) is 173 Å². The fourth-order valence-corrected chi connectivity index (χ4v) is 10.5. The molecule has 0 spiro atoms. The first-order valence-electron chi connectivity index (χ1n) is 19.3. The number of terminal acetylenes is 1. The maximum Gasteiger partial charge on any atom is 0.356 e. The van der Waals surface area contributed by atoms with Gasteiger partial charge in [-0.3, -0.25) is 14.5 Å². The normalized spacial score (nSPS) is 16.2. The van der Waals surface area contributed by atoms with Crippen LogP contribution in [0.3, 0.4) is 0 Å². The maximum absolute atomic E-state index is 14.2. The number of carbonyl (C=O) groups is 3. The number of thioether (sulfide) groups is 1. The molecule has 0 bridgehead atoms. The van der Waals surface area contributed by atoms with E-state index in [0.29, 0.717) is 15.3 Å². The maximum atomic E-state index is 14.2. The summed E-state index contributed by atoms with van der Waals surface area (Å²) < 4.78 is 6.74. The number of ether oxygens (including phenoxy) is 1. The number of rotatable bonds is 15. The number of thiazole rings is 1. The molecule has 0 aliphatic carbocycles. The predicted octanol–water partition coefficient (Wildman–Crippen LogP) is 8.32. The van der Waals surface area contributed by atoms with Crippen molar-refractivity contribution in [1.82, 2.24) is 15.2 Å². The number of nitrogens with one attached hydrogen (secondary N) is 2. The third-order valence-corrected chi connectivity index (χ3v) is 13.3. The van der Waals surface area contributed by atoms with E-state index in [0.717, 1.165) is 33.4 Å². The molecule has 2 N–H and O–H groups in total. The molecule has 6 aromatic rings. The van der Waals surface area contributed by atoms with Gasteiger partial charge < -0.3 is 20.2 Å². The molecule has 0 saturated carbocycles. The molecule has 1 saturated heterocycles. The Morgan fingerprint density at radius 1 is 0.852 bits per heavy atom. The molecular weight excluding hydrogens is 918 g/mol. The van der Waals surface area contributed by atoms with Crippen LogP contribution in [0, 0.1) is 12.3 Å². The number of β-lactam (4-membered cyclic amide) rings is 1. The van der Waals surface area contributed by atoms with Gasteiger partial charge in [-0.05, 0) is 33.4 Å². The summed E-state index contributed by atoms with van der Waals surface area (Å²) in [6, 6.07) is 48.2. The van der Waals surface area contributed by atoms with Crippen molar-refractivity contribution in [2.24, 2.45) is 5.16 Å². The van der Waals surface area contributed by atoms with Gasteiger partial charge in [-0.1, -0.05) is 185 Å². The van der Waals surface area contributed by atoms with Crippen molar-refractivity contribution in [3.63, 3.8) is 0 Å². The number of halogens is 1. The van der Waals surface area contributed by atoms with Gasteiger partial charge in [0.2, 0.25) is 0 Å². The van der Waals surface area contributed by atoms with Gasteiger partial charge in [0.15, 0.2) is 23.6 Å². The minimum absolute atomic E-state index is 0.159. The van der Waals surface area contributed by atoms with E-state index in [-0.39, 0.29) is 23.7 Å². The Kier molecular flexibility index (Phi) is 12.9. The van der Waals surface area contributed by atoms with Gasteiger partial charge in [-0.15, -0.1) is 29.5 Å². The number of hydrogen-bond acceptors (Lipinski definition) is 10. The zero-order valence-electron chi connectivity index (χ0n) is 32.5. The minimum atomic E-state index is -0.967. The molecule has 3 heterocycles. The van der Waals surface area contributed by atoms with Crippen LogP contribution in [-0.2, 0) is 29.5 Å². The Balaban J connectivity index is 1.05. The summed E-state index contributed by atoms with van der Waals surface area (Å²) in [5, 5.41) is 12.4. The first kappa shape index (κ1) is 41.5. The molecule has 2 aliphatic heterocycles. The van der Waals surface area contributed by atoms with E-state index in [1.165, 1.54) is 28.0 Å². The monoisotopic (exact) mass is 955 g/mol. The van der Waals surface area contributed by atoms with Crippen molar-refractivity contribution >= 4 is 74.3 Å². The smallest absolute Gasteiger partial charge is 0.356 e. The molecule has 61 heavy (non-hydrogen) atoms. The van der Waals surface area contributed by atoms with E-state index in [1.54, 1.807) is 5.38 Å². The molecular formula is C48H38IN5O5S2. The highest BCUT2D eigenvalue weighted by Crippen LogP contribution is 2.43. The highest BCUT2D eigenvalue weighted by molar-refractivity contribution is 14.1. The van der Waals surface area contributed by atoms with E-state index in [2.05, 4.69) is 80.7 Å². The Labute approximate surface area is 375 Å². The molecule has 2 aliphatic rings. The third-order valence-electron chi connectivity index (χ3n) is 10.3.